The summed E-state index contributed by atoms with van der Waals surface area (Å²) in [6.45, 7) is 5.09. The Hall–Kier alpha value is -1.62. The van der Waals surface area contributed by atoms with E-state index in [4.69, 9.17) is 5.73 Å². The van der Waals surface area contributed by atoms with Crippen LogP contribution in [0.4, 0.5) is 14.9 Å². The molecule has 0 atom stereocenters. The summed E-state index contributed by atoms with van der Waals surface area (Å²) in [5, 5.41) is 5.24. The van der Waals surface area contributed by atoms with Crippen LogP contribution < -0.4 is 16.4 Å². The molecule has 4 N–H and O–H groups in total. The van der Waals surface area contributed by atoms with E-state index in [0.717, 1.165) is 12.8 Å². The molecule has 5 heteroatoms. The van der Waals surface area contributed by atoms with Crippen molar-refractivity contribution in [3.05, 3.63) is 30.1 Å². The molecule has 106 valence electrons. The van der Waals surface area contributed by atoms with E-state index in [9.17, 15) is 9.18 Å². The lowest BCUT2D eigenvalue weighted by molar-refractivity contribution is 0.232. The van der Waals surface area contributed by atoms with Crippen LogP contribution in [0, 0.1) is 11.2 Å². The maximum absolute atomic E-state index is 13.4. The van der Waals surface area contributed by atoms with Crippen LogP contribution in [0.2, 0.25) is 0 Å². The summed E-state index contributed by atoms with van der Waals surface area (Å²) >= 11 is 0. The van der Waals surface area contributed by atoms with Crippen LogP contribution in [0.5, 0.6) is 0 Å². The van der Waals surface area contributed by atoms with Crippen molar-refractivity contribution in [1.29, 1.82) is 0 Å². The molecule has 4 nitrogen and oxygen atoms in total. The van der Waals surface area contributed by atoms with Gasteiger partial charge >= 0.3 is 6.03 Å². The van der Waals surface area contributed by atoms with Gasteiger partial charge in [0.25, 0.3) is 0 Å². The SMILES string of the molecule is CCC(CC)(CN)CNC(=O)Nc1ccccc1F. The quantitative estimate of drug-likeness (QED) is 0.742. The molecule has 0 radical (unpaired) electrons. The Bertz CT molecular complexity index is 411. The number of benzene rings is 1. The number of rotatable bonds is 6. The molecule has 0 aliphatic carbocycles. The Balaban J connectivity index is 2.55. The second kappa shape index (κ2) is 7.09. The van der Waals surface area contributed by atoms with Crippen LogP contribution in [-0.4, -0.2) is 19.1 Å². The lowest BCUT2D eigenvalue weighted by atomic mass is 9.82. The molecule has 0 saturated heterocycles. The fraction of sp³-hybridized carbons (Fsp3) is 0.500. The fourth-order valence-corrected chi connectivity index (χ4v) is 1.86. The molecule has 0 unspecified atom stereocenters. The van der Waals surface area contributed by atoms with E-state index in [-0.39, 0.29) is 11.1 Å². The highest BCUT2D eigenvalue weighted by atomic mass is 19.1. The molecular formula is C14H22FN3O. The first-order chi connectivity index (χ1) is 9.06. The van der Waals surface area contributed by atoms with Gasteiger partial charge in [-0.25, -0.2) is 9.18 Å². The average molecular weight is 267 g/mol. The molecule has 1 aromatic rings. The number of nitrogens with one attached hydrogen (secondary N) is 2. The van der Waals surface area contributed by atoms with E-state index >= 15 is 0 Å². The maximum Gasteiger partial charge on any atom is 0.319 e. The van der Waals surface area contributed by atoms with Gasteiger partial charge in [0.1, 0.15) is 5.82 Å². The highest BCUT2D eigenvalue weighted by Gasteiger charge is 2.24. The number of halogens is 1. The van der Waals surface area contributed by atoms with Gasteiger partial charge in [0, 0.05) is 6.54 Å². The molecular weight excluding hydrogens is 245 g/mol. The van der Waals surface area contributed by atoms with E-state index in [2.05, 4.69) is 10.6 Å². The van der Waals surface area contributed by atoms with E-state index in [1.54, 1.807) is 12.1 Å². The highest BCUT2D eigenvalue weighted by Crippen LogP contribution is 2.23. The lowest BCUT2D eigenvalue weighted by Crippen LogP contribution is -2.43. The van der Waals surface area contributed by atoms with Gasteiger partial charge in [0.15, 0.2) is 0 Å². The van der Waals surface area contributed by atoms with E-state index in [1.165, 1.54) is 12.1 Å². The van der Waals surface area contributed by atoms with Crippen LogP contribution in [0.25, 0.3) is 0 Å². The monoisotopic (exact) mass is 267 g/mol. The van der Waals surface area contributed by atoms with Gasteiger partial charge in [-0.3, -0.25) is 0 Å². The molecule has 1 aromatic carbocycles. The van der Waals surface area contributed by atoms with Crippen LogP contribution in [0.3, 0.4) is 0 Å². The van der Waals surface area contributed by atoms with Gasteiger partial charge in [-0.2, -0.15) is 0 Å². The van der Waals surface area contributed by atoms with Crippen molar-refractivity contribution in [2.24, 2.45) is 11.1 Å². The van der Waals surface area contributed by atoms with Crippen molar-refractivity contribution in [2.75, 3.05) is 18.4 Å². The first-order valence-corrected chi connectivity index (χ1v) is 6.56. The van der Waals surface area contributed by atoms with Crippen LogP contribution >= 0.6 is 0 Å². The molecule has 0 saturated carbocycles. The van der Waals surface area contributed by atoms with Crippen LogP contribution in [0.15, 0.2) is 24.3 Å². The summed E-state index contributed by atoms with van der Waals surface area (Å²) < 4.78 is 13.4. The number of nitrogens with two attached hydrogens (primary N) is 1. The molecule has 0 aromatic heterocycles. The standard InChI is InChI=1S/C14H22FN3O/c1-3-14(4-2,9-16)10-17-13(19)18-12-8-6-5-7-11(12)15/h5-8H,3-4,9-10,16H2,1-2H3,(H2,17,18,19). The zero-order valence-electron chi connectivity index (χ0n) is 11.5. The molecule has 2 amide bonds. The van der Waals surface area contributed by atoms with Crippen LogP contribution in [0.1, 0.15) is 26.7 Å². The van der Waals surface area contributed by atoms with Crippen LogP contribution in [-0.2, 0) is 0 Å². The summed E-state index contributed by atoms with van der Waals surface area (Å²) in [5.41, 5.74) is 5.84. The zero-order chi connectivity index (χ0) is 14.3. The number of para-hydroxylation sites is 1. The summed E-state index contributed by atoms with van der Waals surface area (Å²) in [7, 11) is 0. The Morgan fingerprint density at radius 3 is 2.47 bits per heavy atom. The third kappa shape index (κ3) is 4.21. The first-order valence-electron chi connectivity index (χ1n) is 6.56. The minimum Gasteiger partial charge on any atom is -0.337 e. The van der Waals surface area contributed by atoms with Gasteiger partial charge in [-0.1, -0.05) is 26.0 Å². The van der Waals surface area contributed by atoms with Crippen molar-refractivity contribution in [2.45, 2.75) is 26.7 Å². The summed E-state index contributed by atoms with van der Waals surface area (Å²) in [5.74, 6) is -0.450. The largest absolute Gasteiger partial charge is 0.337 e. The predicted octanol–water partition coefficient (Wildman–Crippen LogP) is 2.71. The van der Waals surface area contributed by atoms with E-state index < -0.39 is 11.8 Å². The number of carbonyl (C=O) groups is 1. The molecule has 0 heterocycles. The third-order valence-electron chi connectivity index (χ3n) is 3.68. The van der Waals surface area contributed by atoms with Crippen molar-refractivity contribution >= 4 is 11.7 Å². The number of hydrogen-bond acceptors (Lipinski definition) is 2. The molecule has 19 heavy (non-hydrogen) atoms. The number of amides is 2. The number of urea groups is 1. The van der Waals surface area contributed by atoms with Crippen molar-refractivity contribution in [3.63, 3.8) is 0 Å². The van der Waals surface area contributed by atoms with Gasteiger partial charge in [-0.05, 0) is 36.9 Å². The smallest absolute Gasteiger partial charge is 0.319 e. The molecule has 0 spiro atoms. The minimum atomic E-state index is -0.450. The average Bonchev–Trinajstić information content (AvgIpc) is 2.44. The molecule has 0 bridgehead atoms. The Kier molecular flexibility index (Phi) is 5.76. The minimum absolute atomic E-state index is 0.0907. The van der Waals surface area contributed by atoms with Gasteiger partial charge in [-0.15, -0.1) is 0 Å². The third-order valence-corrected chi connectivity index (χ3v) is 3.68. The topological polar surface area (TPSA) is 67.1 Å². The molecule has 1 rings (SSSR count). The number of hydrogen-bond donors (Lipinski definition) is 3. The number of anilines is 1. The first kappa shape index (κ1) is 15.4. The van der Waals surface area contributed by atoms with Gasteiger partial charge < -0.3 is 16.4 Å². The van der Waals surface area contributed by atoms with Crippen molar-refractivity contribution in [1.82, 2.24) is 5.32 Å². The van der Waals surface area contributed by atoms with Crippen molar-refractivity contribution in [3.8, 4) is 0 Å². The second-order valence-corrected chi connectivity index (χ2v) is 4.70. The fourth-order valence-electron chi connectivity index (χ4n) is 1.86. The summed E-state index contributed by atoms with van der Waals surface area (Å²) in [6, 6.07) is 5.65. The van der Waals surface area contributed by atoms with Gasteiger partial charge in [0.05, 0.1) is 5.69 Å². The molecule has 0 fully saturated rings. The Labute approximate surface area is 113 Å². The second-order valence-electron chi connectivity index (χ2n) is 4.70. The Morgan fingerprint density at radius 1 is 1.32 bits per heavy atom. The van der Waals surface area contributed by atoms with E-state index in [0.29, 0.717) is 13.1 Å². The summed E-state index contributed by atoms with van der Waals surface area (Å²) in [6.07, 6.45) is 1.78. The predicted molar refractivity (Wildman–Crippen MR) is 75.5 cm³/mol. The van der Waals surface area contributed by atoms with Gasteiger partial charge in [0.2, 0.25) is 0 Å². The highest BCUT2D eigenvalue weighted by molar-refractivity contribution is 5.89. The zero-order valence-corrected chi connectivity index (χ0v) is 11.5. The summed E-state index contributed by atoms with van der Waals surface area (Å²) in [4.78, 5) is 11.7. The molecule has 0 aliphatic heterocycles. The van der Waals surface area contributed by atoms with Crippen molar-refractivity contribution < 1.29 is 9.18 Å². The van der Waals surface area contributed by atoms with E-state index in [1.807, 2.05) is 13.8 Å². The maximum atomic E-state index is 13.4. The normalized spacial score (nSPS) is 11.2. The molecule has 0 aliphatic rings. The lowest BCUT2D eigenvalue weighted by Gasteiger charge is -2.30. The Morgan fingerprint density at radius 2 is 1.95 bits per heavy atom. The number of carbonyl (C=O) groups excluding carboxylic acids is 1.